The quantitative estimate of drug-likeness (QED) is 0.667. The molecule has 2 aromatic heterocycles. The van der Waals surface area contributed by atoms with Crippen LogP contribution in [0.5, 0.6) is 0 Å². The van der Waals surface area contributed by atoms with E-state index >= 15 is 0 Å². The molecule has 2 heterocycles. The van der Waals surface area contributed by atoms with Crippen LogP contribution < -0.4 is 10.6 Å². The van der Waals surface area contributed by atoms with Gasteiger partial charge in [0.25, 0.3) is 5.91 Å². The van der Waals surface area contributed by atoms with Crippen molar-refractivity contribution in [1.29, 1.82) is 0 Å². The lowest BCUT2D eigenvalue weighted by atomic mass is 10.1. The van der Waals surface area contributed by atoms with Gasteiger partial charge in [0, 0.05) is 28.5 Å². The van der Waals surface area contributed by atoms with E-state index in [0.29, 0.717) is 11.3 Å². The number of thiazole rings is 1. The van der Waals surface area contributed by atoms with E-state index in [1.165, 1.54) is 0 Å². The highest BCUT2D eigenvalue weighted by molar-refractivity contribution is 7.09. The maximum absolute atomic E-state index is 12.7. The van der Waals surface area contributed by atoms with Crippen molar-refractivity contribution in [2.75, 3.05) is 5.32 Å². The molecule has 1 atom stereocenters. The monoisotopic (exact) mass is 397 g/mol. The van der Waals surface area contributed by atoms with Crippen molar-refractivity contribution >= 4 is 28.8 Å². The minimum atomic E-state index is -0.208. The van der Waals surface area contributed by atoms with Gasteiger partial charge in [0.05, 0.1) is 17.2 Å². The van der Waals surface area contributed by atoms with Crippen molar-refractivity contribution in [3.8, 4) is 0 Å². The van der Waals surface area contributed by atoms with Crippen LogP contribution in [0.3, 0.4) is 0 Å². The molecule has 1 aromatic carbocycles. The first-order chi connectivity index (χ1) is 13.3. The Balaban J connectivity index is 1.70. The van der Waals surface area contributed by atoms with Gasteiger partial charge in [-0.25, -0.2) is 9.97 Å². The summed E-state index contributed by atoms with van der Waals surface area (Å²) in [5.74, 6) is 0.389. The number of anilines is 1. The first-order valence-electron chi connectivity index (χ1n) is 8.94. The molecule has 1 unspecified atom stereocenters. The number of hydrogen-bond acceptors (Lipinski definition) is 5. The van der Waals surface area contributed by atoms with Gasteiger partial charge in [-0.3, -0.25) is 9.59 Å². The number of amides is 2. The molecule has 3 rings (SSSR count). The van der Waals surface area contributed by atoms with Crippen LogP contribution in [0, 0.1) is 20.8 Å². The van der Waals surface area contributed by atoms with Crippen molar-refractivity contribution in [3.05, 3.63) is 63.6 Å². The molecule has 28 heavy (non-hydrogen) atoms. The molecule has 2 amide bonds. The Morgan fingerprint density at radius 3 is 2.64 bits per heavy atom. The highest BCUT2D eigenvalue weighted by Crippen LogP contribution is 2.21. The lowest BCUT2D eigenvalue weighted by Gasteiger charge is -2.15. The smallest absolute Gasteiger partial charge is 0.251 e. The van der Waals surface area contributed by atoms with E-state index in [9.17, 15) is 9.59 Å². The summed E-state index contributed by atoms with van der Waals surface area (Å²) in [5.41, 5.74) is 4.63. The number of rotatable bonds is 6. The summed E-state index contributed by atoms with van der Waals surface area (Å²) < 4.78 is 1.76. The van der Waals surface area contributed by atoms with Gasteiger partial charge in [-0.2, -0.15) is 0 Å². The minimum Gasteiger partial charge on any atom is -0.344 e. The molecule has 7 nitrogen and oxygen atoms in total. The molecule has 8 heteroatoms. The van der Waals surface area contributed by atoms with Gasteiger partial charge in [-0.05, 0) is 45.4 Å². The average molecular weight is 398 g/mol. The predicted octanol–water partition coefficient (Wildman–Crippen LogP) is 3.39. The lowest BCUT2D eigenvalue weighted by molar-refractivity contribution is -0.116. The normalized spacial score (nSPS) is 11.9. The summed E-state index contributed by atoms with van der Waals surface area (Å²) in [5, 5.41) is 5.85. The molecule has 2 N–H and O–H groups in total. The summed E-state index contributed by atoms with van der Waals surface area (Å²) in [6.45, 7) is 7.79. The number of imidazole rings is 1. The molecular weight excluding hydrogens is 374 g/mol. The zero-order chi connectivity index (χ0) is 20.3. The largest absolute Gasteiger partial charge is 0.344 e. The molecule has 0 aliphatic carbocycles. The average Bonchev–Trinajstić information content (AvgIpc) is 3.25. The molecule has 0 radical (unpaired) electrons. The topological polar surface area (TPSA) is 88.9 Å². The molecule has 0 saturated heterocycles. The zero-order valence-corrected chi connectivity index (χ0v) is 17.1. The van der Waals surface area contributed by atoms with E-state index in [1.807, 2.05) is 33.8 Å². The lowest BCUT2D eigenvalue weighted by Crippen LogP contribution is -2.27. The van der Waals surface area contributed by atoms with Crippen molar-refractivity contribution in [3.63, 3.8) is 0 Å². The molecule has 3 aromatic rings. The molecule has 0 spiro atoms. The fraction of sp³-hybridized carbons (Fsp3) is 0.300. The summed E-state index contributed by atoms with van der Waals surface area (Å²) in [7, 11) is 0. The summed E-state index contributed by atoms with van der Waals surface area (Å²) in [6.07, 6.45) is 3.41. The summed E-state index contributed by atoms with van der Waals surface area (Å²) in [4.78, 5) is 34.5. The van der Waals surface area contributed by atoms with Gasteiger partial charge in [-0.1, -0.05) is 6.07 Å². The van der Waals surface area contributed by atoms with Gasteiger partial charge in [0.15, 0.2) is 0 Å². The van der Waals surface area contributed by atoms with Gasteiger partial charge < -0.3 is 15.2 Å². The number of carbonyl (C=O) groups excluding carboxylic acids is 2. The number of nitrogens with zero attached hydrogens (tertiary/aromatic N) is 3. The molecule has 0 bridgehead atoms. The van der Waals surface area contributed by atoms with Crippen molar-refractivity contribution in [2.24, 2.45) is 0 Å². The van der Waals surface area contributed by atoms with E-state index in [2.05, 4.69) is 20.6 Å². The Hall–Kier alpha value is -3.00. The highest BCUT2D eigenvalue weighted by Gasteiger charge is 2.16. The van der Waals surface area contributed by atoms with Crippen LogP contribution in [-0.2, 0) is 11.3 Å². The van der Waals surface area contributed by atoms with Crippen LogP contribution in [0.4, 0.5) is 5.69 Å². The van der Waals surface area contributed by atoms with Crippen LogP contribution in [0.15, 0.2) is 36.1 Å². The maximum Gasteiger partial charge on any atom is 0.251 e. The Bertz CT molecular complexity index is 1010. The second-order valence-corrected chi connectivity index (χ2v) is 7.73. The van der Waals surface area contributed by atoms with Crippen LogP contribution in [0.1, 0.15) is 45.3 Å². The second-order valence-electron chi connectivity index (χ2n) is 6.67. The standard InChI is InChI=1S/C20H23N5O2S/c1-12-5-6-16(20(27)23-13(2)19-14(3)28-11-22-19)9-17(12)24-18(26)10-25-8-7-21-15(25)4/h5-9,11,13H,10H2,1-4H3,(H,23,27)(H,24,26). The Morgan fingerprint density at radius 2 is 2.00 bits per heavy atom. The maximum atomic E-state index is 12.7. The van der Waals surface area contributed by atoms with Crippen LogP contribution in [0.25, 0.3) is 0 Å². The molecule has 0 aliphatic heterocycles. The minimum absolute atomic E-state index is 0.168. The predicted molar refractivity (Wildman–Crippen MR) is 110 cm³/mol. The second kappa shape index (κ2) is 8.35. The van der Waals surface area contributed by atoms with Gasteiger partial charge in [-0.15, -0.1) is 11.3 Å². The molecule has 0 saturated carbocycles. The van der Waals surface area contributed by atoms with Crippen LogP contribution >= 0.6 is 11.3 Å². The fourth-order valence-corrected chi connectivity index (χ4v) is 3.57. The zero-order valence-electron chi connectivity index (χ0n) is 16.3. The molecule has 146 valence electrons. The van der Waals surface area contributed by atoms with E-state index in [4.69, 9.17) is 0 Å². The Morgan fingerprint density at radius 1 is 1.21 bits per heavy atom. The number of aryl methyl sites for hydroxylation is 3. The third-order valence-electron chi connectivity index (χ3n) is 4.55. The molecular formula is C20H23N5O2S. The number of hydrogen-bond donors (Lipinski definition) is 2. The van der Waals surface area contributed by atoms with E-state index in [0.717, 1.165) is 22.0 Å². The van der Waals surface area contributed by atoms with E-state index < -0.39 is 0 Å². The third-order valence-corrected chi connectivity index (χ3v) is 5.32. The van der Waals surface area contributed by atoms with E-state index in [1.54, 1.807) is 45.9 Å². The first-order valence-corrected chi connectivity index (χ1v) is 9.82. The van der Waals surface area contributed by atoms with E-state index in [-0.39, 0.29) is 24.4 Å². The number of carbonyl (C=O) groups is 2. The summed E-state index contributed by atoms with van der Waals surface area (Å²) >= 11 is 1.55. The number of benzene rings is 1. The van der Waals surface area contributed by atoms with Crippen molar-refractivity contribution in [1.82, 2.24) is 19.9 Å². The van der Waals surface area contributed by atoms with Crippen molar-refractivity contribution in [2.45, 2.75) is 40.3 Å². The summed E-state index contributed by atoms with van der Waals surface area (Å²) in [6, 6.07) is 5.08. The van der Waals surface area contributed by atoms with Crippen LogP contribution in [-0.4, -0.2) is 26.3 Å². The van der Waals surface area contributed by atoms with Gasteiger partial charge >= 0.3 is 0 Å². The van der Waals surface area contributed by atoms with Gasteiger partial charge in [0.1, 0.15) is 12.4 Å². The van der Waals surface area contributed by atoms with Gasteiger partial charge in [0.2, 0.25) is 5.91 Å². The molecule has 0 aliphatic rings. The van der Waals surface area contributed by atoms with Crippen LogP contribution in [0.2, 0.25) is 0 Å². The number of aromatic nitrogens is 3. The fourth-order valence-electron chi connectivity index (χ4n) is 2.89. The third kappa shape index (κ3) is 4.45. The number of nitrogens with one attached hydrogen (secondary N) is 2. The van der Waals surface area contributed by atoms with Crippen molar-refractivity contribution < 1.29 is 9.59 Å². The molecule has 0 fully saturated rings. The Labute approximate surface area is 167 Å². The Kier molecular flexibility index (Phi) is 5.89. The highest BCUT2D eigenvalue weighted by atomic mass is 32.1. The first kappa shape index (κ1) is 19.8. The SMILES string of the molecule is Cc1ccc(C(=O)NC(C)c2ncsc2C)cc1NC(=O)Cn1ccnc1C.